The van der Waals surface area contributed by atoms with Crippen LogP contribution < -0.4 is 0 Å². The first-order valence-electron chi connectivity index (χ1n) is 4.70. The third kappa shape index (κ3) is 2.67. The number of hydrogen-bond acceptors (Lipinski definition) is 3. The van der Waals surface area contributed by atoms with Crippen molar-refractivity contribution in [2.45, 2.75) is 18.9 Å². The van der Waals surface area contributed by atoms with Gasteiger partial charge < -0.3 is 10.0 Å². The molecule has 1 fully saturated rings. The zero-order valence-corrected chi connectivity index (χ0v) is 8.36. The second-order valence-electron chi connectivity index (χ2n) is 3.74. The van der Waals surface area contributed by atoms with E-state index in [0.717, 1.165) is 19.4 Å². The van der Waals surface area contributed by atoms with E-state index in [4.69, 9.17) is 5.11 Å². The highest BCUT2D eigenvalue weighted by molar-refractivity contribution is 5.77. The van der Waals surface area contributed by atoms with Crippen LogP contribution in [0.3, 0.4) is 0 Å². The SMILES string of the molecule is CN(C)C(=O)CN1CCCC1CO. The number of carbonyl (C=O) groups is 1. The summed E-state index contributed by atoms with van der Waals surface area (Å²) in [4.78, 5) is 15.0. The van der Waals surface area contributed by atoms with Gasteiger partial charge in [-0.05, 0) is 19.4 Å². The summed E-state index contributed by atoms with van der Waals surface area (Å²) < 4.78 is 0. The highest BCUT2D eigenvalue weighted by Gasteiger charge is 2.25. The van der Waals surface area contributed by atoms with Crippen molar-refractivity contribution < 1.29 is 9.90 Å². The molecule has 1 aliphatic heterocycles. The molecule has 1 atom stereocenters. The van der Waals surface area contributed by atoms with Crippen molar-refractivity contribution in [3.63, 3.8) is 0 Å². The molecule has 1 heterocycles. The van der Waals surface area contributed by atoms with Crippen LogP contribution in [-0.4, -0.2) is 60.6 Å². The lowest BCUT2D eigenvalue weighted by atomic mass is 10.2. The largest absolute Gasteiger partial charge is 0.395 e. The number of likely N-dealkylation sites (tertiary alicyclic amines) is 1. The molecule has 76 valence electrons. The number of carbonyl (C=O) groups excluding carboxylic acids is 1. The minimum absolute atomic E-state index is 0.111. The van der Waals surface area contributed by atoms with E-state index in [1.54, 1.807) is 19.0 Å². The lowest BCUT2D eigenvalue weighted by Gasteiger charge is -2.23. The van der Waals surface area contributed by atoms with Crippen molar-refractivity contribution in [2.75, 3.05) is 33.8 Å². The molecule has 0 aromatic carbocycles. The Morgan fingerprint density at radius 2 is 2.31 bits per heavy atom. The molecule has 13 heavy (non-hydrogen) atoms. The van der Waals surface area contributed by atoms with Gasteiger partial charge in [0.05, 0.1) is 13.2 Å². The van der Waals surface area contributed by atoms with E-state index >= 15 is 0 Å². The fraction of sp³-hybridized carbons (Fsp3) is 0.889. The lowest BCUT2D eigenvalue weighted by molar-refractivity contribution is -0.130. The van der Waals surface area contributed by atoms with Crippen LogP contribution in [0.4, 0.5) is 0 Å². The summed E-state index contributed by atoms with van der Waals surface area (Å²) in [5.41, 5.74) is 0. The van der Waals surface area contributed by atoms with Gasteiger partial charge in [0.15, 0.2) is 0 Å². The van der Waals surface area contributed by atoms with E-state index < -0.39 is 0 Å². The van der Waals surface area contributed by atoms with Crippen molar-refractivity contribution >= 4 is 5.91 Å². The monoisotopic (exact) mass is 186 g/mol. The maximum absolute atomic E-state index is 11.4. The van der Waals surface area contributed by atoms with Crippen LogP contribution in [0.15, 0.2) is 0 Å². The van der Waals surface area contributed by atoms with Crippen LogP contribution >= 0.6 is 0 Å². The highest BCUT2D eigenvalue weighted by Crippen LogP contribution is 2.15. The van der Waals surface area contributed by atoms with Crippen molar-refractivity contribution in [1.82, 2.24) is 9.80 Å². The Labute approximate surface area is 79.1 Å². The Morgan fingerprint density at radius 1 is 1.62 bits per heavy atom. The summed E-state index contributed by atoms with van der Waals surface area (Å²) in [5.74, 6) is 0.111. The fourth-order valence-electron chi connectivity index (χ4n) is 1.63. The van der Waals surface area contributed by atoms with Gasteiger partial charge in [-0.3, -0.25) is 9.69 Å². The standard InChI is InChI=1S/C9H18N2O2/c1-10(2)9(13)6-11-5-3-4-8(11)7-12/h8,12H,3-7H2,1-2H3. The summed E-state index contributed by atoms with van der Waals surface area (Å²) in [5, 5.41) is 9.02. The summed E-state index contributed by atoms with van der Waals surface area (Å²) in [7, 11) is 3.51. The van der Waals surface area contributed by atoms with Gasteiger partial charge in [-0.15, -0.1) is 0 Å². The average Bonchev–Trinajstić information content (AvgIpc) is 2.51. The van der Waals surface area contributed by atoms with Gasteiger partial charge in [0.1, 0.15) is 0 Å². The van der Waals surface area contributed by atoms with Gasteiger partial charge in [0.2, 0.25) is 5.91 Å². The molecule has 1 aliphatic rings. The molecule has 0 aromatic heterocycles. The number of likely N-dealkylation sites (N-methyl/N-ethyl adjacent to an activating group) is 1. The van der Waals surface area contributed by atoms with Gasteiger partial charge in [0, 0.05) is 20.1 Å². The first kappa shape index (κ1) is 10.5. The molecular formula is C9H18N2O2. The van der Waals surface area contributed by atoms with Gasteiger partial charge in [-0.2, -0.15) is 0 Å². The summed E-state index contributed by atoms with van der Waals surface area (Å²) in [6.07, 6.45) is 2.10. The van der Waals surface area contributed by atoms with Crippen LogP contribution in [0.2, 0.25) is 0 Å². The molecule has 0 aromatic rings. The Hall–Kier alpha value is -0.610. The highest BCUT2D eigenvalue weighted by atomic mass is 16.3. The number of rotatable bonds is 3. The summed E-state index contributed by atoms with van der Waals surface area (Å²) >= 11 is 0. The van der Waals surface area contributed by atoms with E-state index in [1.165, 1.54) is 0 Å². The van der Waals surface area contributed by atoms with Crippen molar-refractivity contribution in [2.24, 2.45) is 0 Å². The van der Waals surface area contributed by atoms with Gasteiger partial charge >= 0.3 is 0 Å². The van der Waals surface area contributed by atoms with Crippen LogP contribution in [0.25, 0.3) is 0 Å². The Bertz CT molecular complexity index is 182. The zero-order chi connectivity index (χ0) is 9.84. The molecule has 0 spiro atoms. The first-order valence-corrected chi connectivity index (χ1v) is 4.70. The Morgan fingerprint density at radius 3 is 2.85 bits per heavy atom. The lowest BCUT2D eigenvalue weighted by Crippen LogP contribution is -2.40. The summed E-state index contributed by atoms with van der Waals surface area (Å²) in [6.45, 7) is 1.55. The van der Waals surface area contributed by atoms with E-state index in [-0.39, 0.29) is 18.6 Å². The molecule has 0 saturated carbocycles. The van der Waals surface area contributed by atoms with Gasteiger partial charge in [0.25, 0.3) is 0 Å². The van der Waals surface area contributed by atoms with Crippen molar-refractivity contribution in [3.05, 3.63) is 0 Å². The van der Waals surface area contributed by atoms with Gasteiger partial charge in [-0.1, -0.05) is 0 Å². The van der Waals surface area contributed by atoms with Crippen LogP contribution in [0.1, 0.15) is 12.8 Å². The molecule has 1 amide bonds. The molecule has 4 nitrogen and oxygen atoms in total. The zero-order valence-electron chi connectivity index (χ0n) is 8.36. The Balaban J connectivity index is 2.39. The van der Waals surface area contributed by atoms with E-state index in [0.29, 0.717) is 6.54 Å². The number of hydrogen-bond donors (Lipinski definition) is 1. The maximum atomic E-state index is 11.4. The van der Waals surface area contributed by atoms with Gasteiger partial charge in [-0.25, -0.2) is 0 Å². The first-order chi connectivity index (χ1) is 6.15. The summed E-state index contributed by atoms with van der Waals surface area (Å²) in [6, 6.07) is 0.198. The number of nitrogens with zero attached hydrogens (tertiary/aromatic N) is 2. The second kappa shape index (κ2) is 4.58. The predicted molar refractivity (Wildman–Crippen MR) is 50.4 cm³/mol. The van der Waals surface area contributed by atoms with Crippen LogP contribution in [-0.2, 0) is 4.79 Å². The molecular weight excluding hydrogens is 168 g/mol. The maximum Gasteiger partial charge on any atom is 0.236 e. The molecule has 1 N–H and O–H groups in total. The fourth-order valence-corrected chi connectivity index (χ4v) is 1.63. The molecule has 0 bridgehead atoms. The number of aliphatic hydroxyl groups excluding tert-OH is 1. The molecule has 1 saturated heterocycles. The molecule has 1 rings (SSSR count). The quantitative estimate of drug-likeness (QED) is 0.648. The molecule has 4 heteroatoms. The van der Waals surface area contributed by atoms with Crippen LogP contribution in [0, 0.1) is 0 Å². The van der Waals surface area contributed by atoms with Crippen molar-refractivity contribution in [3.8, 4) is 0 Å². The van der Waals surface area contributed by atoms with E-state index in [9.17, 15) is 4.79 Å². The smallest absolute Gasteiger partial charge is 0.236 e. The third-order valence-corrected chi connectivity index (χ3v) is 2.55. The topological polar surface area (TPSA) is 43.8 Å². The average molecular weight is 186 g/mol. The molecule has 1 unspecified atom stereocenters. The number of aliphatic hydroxyl groups is 1. The third-order valence-electron chi connectivity index (χ3n) is 2.55. The minimum atomic E-state index is 0.111. The van der Waals surface area contributed by atoms with Crippen LogP contribution in [0.5, 0.6) is 0 Å². The van der Waals surface area contributed by atoms with Crippen molar-refractivity contribution in [1.29, 1.82) is 0 Å². The predicted octanol–water partition coefficient (Wildman–Crippen LogP) is -0.469. The van der Waals surface area contributed by atoms with E-state index in [1.807, 2.05) is 0 Å². The second-order valence-corrected chi connectivity index (χ2v) is 3.74. The number of amides is 1. The molecule has 0 radical (unpaired) electrons. The minimum Gasteiger partial charge on any atom is -0.395 e. The Kier molecular flexibility index (Phi) is 3.69. The van der Waals surface area contributed by atoms with E-state index in [2.05, 4.69) is 4.90 Å². The molecule has 0 aliphatic carbocycles. The normalized spacial score (nSPS) is 23.5.